The fraction of sp³-hybridized carbons (Fsp3) is 0.0667. The molecule has 2 aromatic carbocycles. The molecule has 0 radical (unpaired) electrons. The van der Waals surface area contributed by atoms with Crippen molar-refractivity contribution >= 4 is 33.4 Å². The minimum absolute atomic E-state index is 0.347. The molecule has 3 rings (SSSR count). The molecule has 0 spiro atoms. The van der Waals surface area contributed by atoms with Gasteiger partial charge < -0.3 is 5.11 Å². The van der Waals surface area contributed by atoms with E-state index in [1.807, 2.05) is 0 Å². The number of hydrogen-bond acceptors (Lipinski definition) is 3. The number of rotatable bonds is 1. The number of carbonyl (C=O) groups is 2. The largest absolute Gasteiger partial charge is 0.378 e. The number of fused-ring (bicyclic) bond motifs is 1. The summed E-state index contributed by atoms with van der Waals surface area (Å²) in [4.78, 5) is 25.7. The van der Waals surface area contributed by atoms with Gasteiger partial charge in [0.15, 0.2) is 6.10 Å². The number of anilines is 1. The highest BCUT2D eigenvalue weighted by Gasteiger charge is 2.38. The summed E-state index contributed by atoms with van der Waals surface area (Å²) in [6, 6.07) is 13.4. The molecule has 1 heterocycles. The number of aliphatic hydroxyl groups is 1. The van der Waals surface area contributed by atoms with Crippen LogP contribution < -0.4 is 4.90 Å². The number of benzene rings is 2. The van der Waals surface area contributed by atoms with Crippen molar-refractivity contribution in [1.82, 2.24) is 0 Å². The third kappa shape index (κ3) is 1.95. The molecule has 0 fully saturated rings. The highest BCUT2D eigenvalue weighted by molar-refractivity contribution is 9.10. The minimum Gasteiger partial charge on any atom is -0.378 e. The average Bonchev–Trinajstić information content (AvgIpc) is 2.45. The quantitative estimate of drug-likeness (QED) is 0.817. The van der Waals surface area contributed by atoms with Crippen molar-refractivity contribution in [2.75, 3.05) is 4.90 Å². The molecule has 1 aliphatic rings. The zero-order valence-corrected chi connectivity index (χ0v) is 11.9. The second-order valence-electron chi connectivity index (χ2n) is 4.45. The minimum atomic E-state index is -1.32. The number of hydrogen-bond donors (Lipinski definition) is 1. The number of halogens is 1. The maximum absolute atomic E-state index is 12.5. The molecule has 0 aliphatic carbocycles. The maximum Gasteiger partial charge on any atom is 0.267 e. The van der Waals surface area contributed by atoms with Crippen LogP contribution in [0.3, 0.4) is 0 Å². The molecule has 5 heteroatoms. The molecular weight excluding hydrogens is 322 g/mol. The lowest BCUT2D eigenvalue weighted by atomic mass is 9.95. The number of carbonyl (C=O) groups excluding carboxylic acids is 2. The van der Waals surface area contributed by atoms with E-state index in [1.54, 1.807) is 48.5 Å². The lowest BCUT2D eigenvalue weighted by Gasteiger charge is -2.30. The summed E-state index contributed by atoms with van der Waals surface area (Å²) in [6.45, 7) is 0. The van der Waals surface area contributed by atoms with Crippen LogP contribution in [0.5, 0.6) is 0 Å². The molecule has 2 aromatic rings. The van der Waals surface area contributed by atoms with Crippen LogP contribution in [0.4, 0.5) is 5.69 Å². The fourth-order valence-corrected chi connectivity index (χ4v) is 2.65. The van der Waals surface area contributed by atoms with Gasteiger partial charge in [-0.25, -0.2) is 4.90 Å². The lowest BCUT2D eigenvalue weighted by molar-refractivity contribution is -0.126. The van der Waals surface area contributed by atoms with Crippen LogP contribution in [0.25, 0.3) is 0 Å². The molecule has 0 saturated heterocycles. The molecule has 0 saturated carbocycles. The standard InChI is InChI=1S/C15H10BrNO3/c16-9-4-3-5-10(8-9)17-14(19)12-7-2-1-6-11(12)13(18)15(17)20/h1-8,13,18H. The first-order chi connectivity index (χ1) is 9.59. The Bertz CT molecular complexity index is 714. The Labute approximate surface area is 123 Å². The van der Waals surface area contributed by atoms with Crippen LogP contribution >= 0.6 is 15.9 Å². The van der Waals surface area contributed by atoms with E-state index in [4.69, 9.17) is 0 Å². The number of nitrogens with zero attached hydrogens (tertiary/aromatic N) is 1. The molecule has 20 heavy (non-hydrogen) atoms. The van der Waals surface area contributed by atoms with Crippen LogP contribution in [0, 0.1) is 0 Å². The van der Waals surface area contributed by atoms with Crippen LogP contribution in [-0.4, -0.2) is 16.9 Å². The molecule has 0 bridgehead atoms. The molecule has 1 aliphatic heterocycles. The van der Waals surface area contributed by atoms with Gasteiger partial charge in [-0.1, -0.05) is 40.2 Å². The van der Waals surface area contributed by atoms with Crippen molar-refractivity contribution in [2.45, 2.75) is 6.10 Å². The van der Waals surface area contributed by atoms with E-state index >= 15 is 0 Å². The Morgan fingerprint density at radius 1 is 1.05 bits per heavy atom. The summed E-state index contributed by atoms with van der Waals surface area (Å²) in [5, 5.41) is 10.1. The molecular formula is C15H10BrNO3. The maximum atomic E-state index is 12.5. The van der Waals surface area contributed by atoms with E-state index in [9.17, 15) is 14.7 Å². The molecule has 0 aromatic heterocycles. The average molecular weight is 332 g/mol. The first-order valence-corrected chi connectivity index (χ1v) is 6.80. The van der Waals surface area contributed by atoms with E-state index in [0.717, 1.165) is 9.37 Å². The Balaban J connectivity index is 2.15. The third-order valence-corrected chi connectivity index (χ3v) is 3.70. The van der Waals surface area contributed by atoms with Gasteiger partial charge in [0.05, 0.1) is 5.69 Å². The first-order valence-electron chi connectivity index (χ1n) is 6.00. The van der Waals surface area contributed by atoms with E-state index in [-0.39, 0.29) is 0 Å². The summed E-state index contributed by atoms with van der Waals surface area (Å²) in [7, 11) is 0. The van der Waals surface area contributed by atoms with Gasteiger partial charge in [-0.15, -0.1) is 0 Å². The van der Waals surface area contributed by atoms with Gasteiger partial charge in [0.25, 0.3) is 11.8 Å². The van der Waals surface area contributed by atoms with Gasteiger partial charge >= 0.3 is 0 Å². The molecule has 100 valence electrons. The predicted molar refractivity (Wildman–Crippen MR) is 77.4 cm³/mol. The molecule has 1 atom stereocenters. The number of amides is 2. The topological polar surface area (TPSA) is 57.6 Å². The van der Waals surface area contributed by atoms with Gasteiger partial charge in [-0.2, -0.15) is 0 Å². The summed E-state index contributed by atoms with van der Waals surface area (Å²) in [6.07, 6.45) is -1.32. The summed E-state index contributed by atoms with van der Waals surface area (Å²) in [5.74, 6) is -1.05. The smallest absolute Gasteiger partial charge is 0.267 e. The Hall–Kier alpha value is -1.98. The van der Waals surface area contributed by atoms with Crippen LogP contribution in [0.15, 0.2) is 53.0 Å². The zero-order valence-electron chi connectivity index (χ0n) is 10.3. The van der Waals surface area contributed by atoms with Crippen LogP contribution in [0.2, 0.25) is 0 Å². The molecule has 1 N–H and O–H groups in total. The summed E-state index contributed by atoms with van der Waals surface area (Å²) >= 11 is 3.30. The molecule has 1 unspecified atom stereocenters. The third-order valence-electron chi connectivity index (χ3n) is 3.21. The van der Waals surface area contributed by atoms with E-state index in [2.05, 4.69) is 15.9 Å². The van der Waals surface area contributed by atoms with E-state index in [1.165, 1.54) is 0 Å². The Kier molecular flexibility index (Phi) is 3.16. The van der Waals surface area contributed by atoms with Crippen molar-refractivity contribution in [2.24, 2.45) is 0 Å². The van der Waals surface area contributed by atoms with Crippen molar-refractivity contribution in [3.8, 4) is 0 Å². The fourth-order valence-electron chi connectivity index (χ4n) is 2.27. The second kappa shape index (κ2) is 4.85. The Morgan fingerprint density at radius 2 is 1.80 bits per heavy atom. The highest BCUT2D eigenvalue weighted by atomic mass is 79.9. The zero-order chi connectivity index (χ0) is 14.3. The van der Waals surface area contributed by atoms with Crippen molar-refractivity contribution in [1.29, 1.82) is 0 Å². The van der Waals surface area contributed by atoms with Gasteiger partial charge in [0, 0.05) is 15.6 Å². The van der Waals surface area contributed by atoms with Gasteiger partial charge in [-0.3, -0.25) is 9.59 Å². The summed E-state index contributed by atoms with van der Waals surface area (Å²) < 4.78 is 0.754. The second-order valence-corrected chi connectivity index (χ2v) is 5.36. The van der Waals surface area contributed by atoms with Gasteiger partial charge in [0.2, 0.25) is 0 Å². The van der Waals surface area contributed by atoms with E-state index < -0.39 is 17.9 Å². The number of imide groups is 1. The Morgan fingerprint density at radius 3 is 2.55 bits per heavy atom. The van der Waals surface area contributed by atoms with Crippen LogP contribution in [-0.2, 0) is 4.79 Å². The molecule has 2 amide bonds. The van der Waals surface area contributed by atoms with Gasteiger partial charge in [0.1, 0.15) is 0 Å². The van der Waals surface area contributed by atoms with Gasteiger partial charge in [-0.05, 0) is 24.3 Å². The van der Waals surface area contributed by atoms with E-state index in [0.29, 0.717) is 16.8 Å². The highest BCUT2D eigenvalue weighted by Crippen LogP contribution is 2.31. The number of aliphatic hydroxyl groups excluding tert-OH is 1. The lowest BCUT2D eigenvalue weighted by Crippen LogP contribution is -2.45. The van der Waals surface area contributed by atoms with Crippen molar-refractivity contribution in [3.05, 3.63) is 64.1 Å². The predicted octanol–water partition coefficient (Wildman–Crippen LogP) is 2.67. The first kappa shape index (κ1) is 13.0. The normalized spacial score (nSPS) is 18.1. The van der Waals surface area contributed by atoms with Crippen molar-refractivity contribution in [3.63, 3.8) is 0 Å². The SMILES string of the molecule is O=C1c2ccccc2C(O)C(=O)N1c1cccc(Br)c1. The molecule has 4 nitrogen and oxygen atoms in total. The van der Waals surface area contributed by atoms with Crippen LogP contribution in [0.1, 0.15) is 22.0 Å². The monoisotopic (exact) mass is 331 g/mol. The summed E-state index contributed by atoms with van der Waals surface area (Å²) in [5.41, 5.74) is 1.14. The van der Waals surface area contributed by atoms with Crippen molar-refractivity contribution < 1.29 is 14.7 Å².